The molecule has 0 aromatic rings. The van der Waals surface area contributed by atoms with E-state index in [1.54, 1.807) is 14.2 Å². The highest BCUT2D eigenvalue weighted by molar-refractivity contribution is 5.16. The zero-order valence-electron chi connectivity index (χ0n) is 23.8. The lowest BCUT2D eigenvalue weighted by molar-refractivity contribution is -0.269. The summed E-state index contributed by atoms with van der Waals surface area (Å²) in [6.45, 7) is 9.14. The van der Waals surface area contributed by atoms with Crippen LogP contribution >= 0.6 is 0 Å². The molecule has 5 heteroatoms. The van der Waals surface area contributed by atoms with Gasteiger partial charge in [0.1, 0.15) is 0 Å². The maximum absolute atomic E-state index is 11.9. The van der Waals surface area contributed by atoms with E-state index in [1.807, 2.05) is 6.92 Å². The van der Waals surface area contributed by atoms with Gasteiger partial charge in [-0.05, 0) is 117 Å². The van der Waals surface area contributed by atoms with Crippen LogP contribution in [0.15, 0.2) is 0 Å². The molecule has 5 saturated carbocycles. The Morgan fingerprint density at radius 3 is 2.33 bits per heavy atom. The summed E-state index contributed by atoms with van der Waals surface area (Å²) in [6, 6.07) is 0. The van der Waals surface area contributed by atoms with Crippen molar-refractivity contribution in [1.29, 1.82) is 0 Å². The summed E-state index contributed by atoms with van der Waals surface area (Å²) in [5, 5.41) is 34.8. The molecule has 0 aliphatic heterocycles. The number of aliphatic hydroxyl groups excluding tert-OH is 2. The van der Waals surface area contributed by atoms with Gasteiger partial charge in [-0.3, -0.25) is 0 Å². The molecule has 3 N–H and O–H groups in total. The molecule has 0 amide bonds. The number of hydrogen-bond acceptors (Lipinski definition) is 5. The van der Waals surface area contributed by atoms with Gasteiger partial charge < -0.3 is 24.8 Å². The lowest BCUT2D eigenvalue weighted by Gasteiger charge is -2.64. The molecule has 0 saturated heterocycles. The van der Waals surface area contributed by atoms with Crippen LogP contribution in [0.3, 0.4) is 0 Å². The van der Waals surface area contributed by atoms with E-state index < -0.39 is 22.9 Å². The van der Waals surface area contributed by atoms with Crippen LogP contribution < -0.4 is 0 Å². The fourth-order valence-electron chi connectivity index (χ4n) is 10.7. The summed E-state index contributed by atoms with van der Waals surface area (Å²) >= 11 is 0. The molecule has 0 unspecified atom stereocenters. The van der Waals surface area contributed by atoms with Gasteiger partial charge in [0, 0.05) is 32.5 Å². The molecular weight excluding hydrogens is 452 g/mol. The molecule has 5 rings (SSSR count). The lowest BCUT2D eigenvalue weighted by atomic mass is 9.43. The zero-order chi connectivity index (χ0) is 26.1. The van der Waals surface area contributed by atoms with Crippen molar-refractivity contribution in [2.45, 2.75) is 116 Å². The van der Waals surface area contributed by atoms with Crippen LogP contribution in [0.2, 0.25) is 0 Å². The molecular formula is C31H54O5. The third kappa shape index (κ3) is 4.05. The van der Waals surface area contributed by atoms with Gasteiger partial charge in [-0.1, -0.05) is 20.8 Å². The molecule has 0 aromatic carbocycles. The second-order valence-corrected chi connectivity index (χ2v) is 14.6. The number of ether oxygens (including phenoxy) is 2. The van der Waals surface area contributed by atoms with Crippen molar-refractivity contribution in [2.75, 3.05) is 20.8 Å². The molecule has 0 aromatic heterocycles. The van der Waals surface area contributed by atoms with Crippen molar-refractivity contribution < 1.29 is 24.8 Å². The van der Waals surface area contributed by atoms with Crippen molar-refractivity contribution in [3.8, 4) is 0 Å². The normalized spacial score (nSPS) is 49.9. The van der Waals surface area contributed by atoms with Crippen LogP contribution in [0.5, 0.6) is 0 Å². The van der Waals surface area contributed by atoms with Gasteiger partial charge in [0.2, 0.25) is 0 Å². The molecule has 5 nitrogen and oxygen atoms in total. The summed E-state index contributed by atoms with van der Waals surface area (Å²) < 4.78 is 11.7. The first-order valence-corrected chi connectivity index (χ1v) is 15.1. The van der Waals surface area contributed by atoms with Gasteiger partial charge in [-0.25, -0.2) is 0 Å². The lowest BCUT2D eigenvalue weighted by Crippen LogP contribution is -2.63. The van der Waals surface area contributed by atoms with E-state index in [1.165, 1.54) is 12.8 Å². The van der Waals surface area contributed by atoms with Gasteiger partial charge in [-0.2, -0.15) is 0 Å². The highest BCUT2D eigenvalue weighted by Crippen LogP contribution is 2.69. The second-order valence-electron chi connectivity index (χ2n) is 14.6. The molecule has 208 valence electrons. The second kappa shape index (κ2) is 9.47. The first-order valence-electron chi connectivity index (χ1n) is 15.1. The Hall–Kier alpha value is -0.200. The van der Waals surface area contributed by atoms with Gasteiger partial charge in [0.15, 0.2) is 5.79 Å². The molecule has 5 aliphatic carbocycles. The summed E-state index contributed by atoms with van der Waals surface area (Å²) in [5.74, 6) is 3.59. The molecule has 0 heterocycles. The Bertz CT molecular complexity index is 794. The maximum Gasteiger partial charge on any atom is 0.167 e. The zero-order valence-corrected chi connectivity index (χ0v) is 23.8. The first kappa shape index (κ1) is 27.4. The summed E-state index contributed by atoms with van der Waals surface area (Å²) in [5.41, 5.74) is -1.25. The average Bonchev–Trinajstić information content (AvgIpc) is 3.45. The smallest absolute Gasteiger partial charge is 0.167 e. The van der Waals surface area contributed by atoms with Crippen molar-refractivity contribution >= 4 is 0 Å². The molecule has 5 fully saturated rings. The van der Waals surface area contributed by atoms with Crippen LogP contribution in [-0.4, -0.2) is 53.6 Å². The largest absolute Gasteiger partial charge is 0.396 e. The fraction of sp³-hybridized carbons (Fsp3) is 1.00. The Kier molecular flexibility index (Phi) is 7.20. The Morgan fingerprint density at radius 1 is 1.03 bits per heavy atom. The highest BCUT2D eigenvalue weighted by Gasteiger charge is 2.67. The molecule has 12 atom stereocenters. The van der Waals surface area contributed by atoms with Crippen molar-refractivity contribution in [1.82, 2.24) is 0 Å². The van der Waals surface area contributed by atoms with E-state index in [0.29, 0.717) is 29.6 Å². The van der Waals surface area contributed by atoms with Gasteiger partial charge in [0.05, 0.1) is 18.3 Å². The Morgan fingerprint density at radius 2 is 1.72 bits per heavy atom. The highest BCUT2D eigenvalue weighted by atomic mass is 16.7. The average molecular weight is 507 g/mol. The van der Waals surface area contributed by atoms with E-state index in [9.17, 15) is 15.3 Å². The fourth-order valence-corrected chi connectivity index (χ4v) is 10.7. The number of rotatable bonds is 8. The monoisotopic (exact) mass is 506 g/mol. The van der Waals surface area contributed by atoms with E-state index in [0.717, 1.165) is 69.6 Å². The van der Waals surface area contributed by atoms with Crippen molar-refractivity contribution in [2.24, 2.45) is 58.2 Å². The summed E-state index contributed by atoms with van der Waals surface area (Å²) in [4.78, 5) is 0. The van der Waals surface area contributed by atoms with Crippen LogP contribution in [-0.2, 0) is 9.47 Å². The quantitative estimate of drug-likeness (QED) is 0.384. The third-order valence-electron chi connectivity index (χ3n) is 13.2. The van der Waals surface area contributed by atoms with E-state index >= 15 is 0 Å². The standard InChI is InChI=1S/C31H54O5/c1-19(23-15-20(23)2)11-12-29(4,34)26-10-9-24-22-8-7-21-17-30(35-5,36-6)14-13-28(21,3)25(22)16-27(33)31(24,26)18-32/h19-27,32-34H,7-18H2,1-6H3/t19-,20-,21+,22+,23+,24+,25+,26-,27-,28+,29+,31+/m1/s1. The number of aliphatic hydroxyl groups is 3. The molecule has 0 spiro atoms. The number of fused-ring (bicyclic) bond motifs is 5. The molecule has 5 aliphatic rings. The van der Waals surface area contributed by atoms with Gasteiger partial charge >= 0.3 is 0 Å². The molecule has 0 radical (unpaired) electrons. The first-order chi connectivity index (χ1) is 17.0. The van der Waals surface area contributed by atoms with Crippen molar-refractivity contribution in [3.63, 3.8) is 0 Å². The number of methoxy groups -OCH3 is 2. The minimum absolute atomic E-state index is 0.00527. The Balaban J connectivity index is 1.36. The van der Waals surface area contributed by atoms with E-state index in [-0.39, 0.29) is 17.9 Å². The predicted octanol–water partition coefficient (Wildman–Crippen LogP) is 5.40. The SMILES string of the molecule is COC1(OC)CC[C@@]2(C)[C@@H](CC[C@@H]3[C@@H]2C[C@@H](O)[C@@]2(CO)[C@H]3CC[C@@H]2[C@@](C)(O)CC[C@@H](C)[C@@H]2C[C@H]2C)C1. The Labute approximate surface area is 219 Å². The summed E-state index contributed by atoms with van der Waals surface area (Å²) in [6.07, 6.45) is 10.5. The van der Waals surface area contributed by atoms with Gasteiger partial charge in [-0.15, -0.1) is 0 Å². The third-order valence-corrected chi connectivity index (χ3v) is 13.2. The van der Waals surface area contributed by atoms with E-state index in [2.05, 4.69) is 20.8 Å². The van der Waals surface area contributed by atoms with Crippen molar-refractivity contribution in [3.05, 3.63) is 0 Å². The van der Waals surface area contributed by atoms with E-state index in [4.69, 9.17) is 9.47 Å². The molecule has 36 heavy (non-hydrogen) atoms. The van der Waals surface area contributed by atoms with Crippen LogP contribution in [0, 0.1) is 58.2 Å². The summed E-state index contributed by atoms with van der Waals surface area (Å²) in [7, 11) is 3.54. The van der Waals surface area contributed by atoms with Crippen LogP contribution in [0.1, 0.15) is 98.3 Å². The number of hydrogen-bond donors (Lipinski definition) is 3. The predicted molar refractivity (Wildman–Crippen MR) is 141 cm³/mol. The van der Waals surface area contributed by atoms with Gasteiger partial charge in [0.25, 0.3) is 0 Å². The maximum atomic E-state index is 11.9. The van der Waals surface area contributed by atoms with Crippen LogP contribution in [0.4, 0.5) is 0 Å². The molecule has 0 bridgehead atoms. The van der Waals surface area contributed by atoms with Crippen LogP contribution in [0.25, 0.3) is 0 Å². The minimum atomic E-state index is -0.847. The minimum Gasteiger partial charge on any atom is -0.396 e. The topological polar surface area (TPSA) is 79.2 Å².